The number of hydrogen-bond acceptors (Lipinski definition) is 4. The van der Waals surface area contributed by atoms with Gasteiger partial charge in [0.15, 0.2) is 0 Å². The molecule has 0 aliphatic carbocycles. The molecule has 0 bridgehead atoms. The molecule has 0 saturated heterocycles. The van der Waals surface area contributed by atoms with Gasteiger partial charge in [-0.25, -0.2) is 9.97 Å². The minimum absolute atomic E-state index is 0.251. The van der Waals surface area contributed by atoms with Crippen LogP contribution >= 0.6 is 15.9 Å². The average Bonchev–Trinajstić information content (AvgIpc) is 2.50. The van der Waals surface area contributed by atoms with Crippen LogP contribution < -0.4 is 10.6 Å². The van der Waals surface area contributed by atoms with Crippen molar-refractivity contribution in [3.63, 3.8) is 0 Å². The lowest BCUT2D eigenvalue weighted by atomic mass is 10.2. The Balaban J connectivity index is 2.15. The van der Waals surface area contributed by atoms with Gasteiger partial charge in [0.05, 0.1) is 5.69 Å². The van der Waals surface area contributed by atoms with E-state index >= 15 is 0 Å². The van der Waals surface area contributed by atoms with Gasteiger partial charge >= 0.3 is 0 Å². The minimum atomic E-state index is -0.251. The monoisotopic (exact) mass is 376 g/mol. The molecule has 0 unspecified atom stereocenters. The zero-order valence-electron chi connectivity index (χ0n) is 13.6. The van der Waals surface area contributed by atoms with Crippen LogP contribution in [-0.2, 0) is 0 Å². The maximum Gasteiger partial charge on any atom is 0.274 e. The SMILES string of the molecule is CCCCNc1cc(C(=O)Nc2ccc(C)cc2Br)nc(C)n1. The Kier molecular flexibility index (Phi) is 6.10. The van der Waals surface area contributed by atoms with Crippen LogP contribution in [0.2, 0.25) is 0 Å². The number of carbonyl (C=O) groups is 1. The molecule has 2 rings (SSSR count). The van der Waals surface area contributed by atoms with Crippen LogP contribution in [0.15, 0.2) is 28.7 Å². The molecule has 0 atom stereocenters. The van der Waals surface area contributed by atoms with Gasteiger partial charge in [-0.2, -0.15) is 0 Å². The first-order valence-corrected chi connectivity index (χ1v) is 8.46. The maximum atomic E-state index is 12.4. The Hall–Kier alpha value is -1.95. The zero-order valence-corrected chi connectivity index (χ0v) is 15.2. The van der Waals surface area contributed by atoms with E-state index in [1.165, 1.54) is 0 Å². The number of carbonyl (C=O) groups excluding carboxylic acids is 1. The molecule has 2 N–H and O–H groups in total. The minimum Gasteiger partial charge on any atom is -0.370 e. The van der Waals surface area contributed by atoms with E-state index in [1.807, 2.05) is 25.1 Å². The number of nitrogens with one attached hydrogen (secondary N) is 2. The average molecular weight is 377 g/mol. The summed E-state index contributed by atoms with van der Waals surface area (Å²) in [4.78, 5) is 21.0. The van der Waals surface area contributed by atoms with E-state index in [0.717, 1.165) is 35.1 Å². The maximum absolute atomic E-state index is 12.4. The summed E-state index contributed by atoms with van der Waals surface area (Å²) in [5, 5.41) is 6.10. The lowest BCUT2D eigenvalue weighted by Crippen LogP contribution is -2.16. The van der Waals surface area contributed by atoms with Crippen LogP contribution in [0.25, 0.3) is 0 Å². The van der Waals surface area contributed by atoms with Crippen molar-refractivity contribution in [2.24, 2.45) is 0 Å². The standard InChI is InChI=1S/C17H21BrN4O/c1-4-5-8-19-16-10-15(20-12(3)21-16)17(23)22-14-7-6-11(2)9-13(14)18/h6-7,9-10H,4-5,8H2,1-3H3,(H,22,23)(H,19,20,21). The molecule has 1 heterocycles. The molecule has 122 valence electrons. The highest BCUT2D eigenvalue weighted by molar-refractivity contribution is 9.10. The number of aryl methyl sites for hydroxylation is 2. The van der Waals surface area contributed by atoms with Gasteiger partial charge < -0.3 is 10.6 Å². The van der Waals surface area contributed by atoms with Gasteiger partial charge in [0.1, 0.15) is 17.3 Å². The number of aromatic nitrogens is 2. The van der Waals surface area contributed by atoms with Crippen molar-refractivity contribution in [1.29, 1.82) is 0 Å². The van der Waals surface area contributed by atoms with Crippen molar-refractivity contribution in [1.82, 2.24) is 9.97 Å². The number of anilines is 2. The first kappa shape index (κ1) is 17.4. The van der Waals surface area contributed by atoms with Crippen molar-refractivity contribution >= 4 is 33.3 Å². The molecular weight excluding hydrogens is 356 g/mol. The van der Waals surface area contributed by atoms with Gasteiger partial charge in [-0.3, -0.25) is 4.79 Å². The number of hydrogen-bond donors (Lipinski definition) is 2. The third kappa shape index (κ3) is 5.03. The predicted octanol–water partition coefficient (Wildman–Crippen LogP) is 4.32. The van der Waals surface area contributed by atoms with Crippen molar-refractivity contribution < 1.29 is 4.79 Å². The van der Waals surface area contributed by atoms with Crippen molar-refractivity contribution in [3.05, 3.63) is 45.8 Å². The Bertz CT molecular complexity index is 703. The molecule has 0 aliphatic heterocycles. The van der Waals surface area contributed by atoms with E-state index in [9.17, 15) is 4.79 Å². The van der Waals surface area contributed by atoms with E-state index in [-0.39, 0.29) is 5.91 Å². The topological polar surface area (TPSA) is 66.9 Å². The largest absolute Gasteiger partial charge is 0.370 e. The fourth-order valence-corrected chi connectivity index (χ4v) is 2.67. The van der Waals surface area contributed by atoms with E-state index in [2.05, 4.69) is 43.5 Å². The third-order valence-corrected chi connectivity index (χ3v) is 3.94. The molecule has 0 aliphatic rings. The van der Waals surface area contributed by atoms with Crippen molar-refractivity contribution in [2.45, 2.75) is 33.6 Å². The number of halogens is 1. The molecule has 1 aromatic heterocycles. The fourth-order valence-electron chi connectivity index (χ4n) is 2.08. The van der Waals surface area contributed by atoms with Crippen LogP contribution in [0.1, 0.15) is 41.6 Å². The van der Waals surface area contributed by atoms with Gasteiger partial charge in [-0.15, -0.1) is 0 Å². The summed E-state index contributed by atoms with van der Waals surface area (Å²) in [5.41, 5.74) is 2.19. The number of benzene rings is 1. The normalized spacial score (nSPS) is 10.4. The highest BCUT2D eigenvalue weighted by atomic mass is 79.9. The summed E-state index contributed by atoms with van der Waals surface area (Å²) < 4.78 is 0.845. The van der Waals surface area contributed by atoms with Crippen LogP contribution in [-0.4, -0.2) is 22.4 Å². The van der Waals surface area contributed by atoms with E-state index in [0.29, 0.717) is 17.3 Å². The third-order valence-electron chi connectivity index (χ3n) is 3.28. The molecule has 0 fully saturated rings. The van der Waals surface area contributed by atoms with E-state index < -0.39 is 0 Å². The highest BCUT2D eigenvalue weighted by Crippen LogP contribution is 2.24. The molecule has 5 nitrogen and oxygen atoms in total. The zero-order chi connectivity index (χ0) is 16.8. The fraction of sp³-hybridized carbons (Fsp3) is 0.353. The smallest absolute Gasteiger partial charge is 0.274 e. The predicted molar refractivity (Wildman–Crippen MR) is 97.0 cm³/mol. The molecule has 23 heavy (non-hydrogen) atoms. The summed E-state index contributed by atoms with van der Waals surface area (Å²) in [6.45, 7) is 6.74. The first-order chi connectivity index (χ1) is 11.0. The van der Waals surface area contributed by atoms with Crippen LogP contribution in [0.5, 0.6) is 0 Å². The van der Waals surface area contributed by atoms with Gasteiger partial charge in [0, 0.05) is 17.1 Å². The van der Waals surface area contributed by atoms with Gasteiger partial charge in [0.2, 0.25) is 0 Å². The number of unbranched alkanes of at least 4 members (excludes halogenated alkanes) is 1. The lowest BCUT2D eigenvalue weighted by Gasteiger charge is -2.10. The van der Waals surface area contributed by atoms with Crippen molar-refractivity contribution in [2.75, 3.05) is 17.2 Å². The summed E-state index contributed by atoms with van der Waals surface area (Å²) in [6.07, 6.45) is 2.16. The van der Waals surface area contributed by atoms with E-state index in [4.69, 9.17) is 0 Å². The Morgan fingerprint density at radius 1 is 1.22 bits per heavy atom. The second-order valence-corrected chi connectivity index (χ2v) is 6.26. The molecule has 6 heteroatoms. The molecular formula is C17H21BrN4O. The summed E-state index contributed by atoms with van der Waals surface area (Å²) in [6, 6.07) is 7.45. The summed E-state index contributed by atoms with van der Waals surface area (Å²) >= 11 is 3.46. The number of rotatable bonds is 6. The summed E-state index contributed by atoms with van der Waals surface area (Å²) in [5.74, 6) is 0.997. The molecule has 0 spiro atoms. The molecule has 1 aromatic carbocycles. The quantitative estimate of drug-likeness (QED) is 0.736. The van der Waals surface area contributed by atoms with Gasteiger partial charge in [0.25, 0.3) is 5.91 Å². The number of nitrogens with zero attached hydrogens (tertiary/aromatic N) is 2. The van der Waals surface area contributed by atoms with Gasteiger partial charge in [-0.05, 0) is 53.9 Å². The van der Waals surface area contributed by atoms with Crippen molar-refractivity contribution in [3.8, 4) is 0 Å². The van der Waals surface area contributed by atoms with E-state index in [1.54, 1.807) is 13.0 Å². The second-order valence-electron chi connectivity index (χ2n) is 5.40. The summed E-state index contributed by atoms with van der Waals surface area (Å²) in [7, 11) is 0. The van der Waals surface area contributed by atoms with Crippen LogP contribution in [0.4, 0.5) is 11.5 Å². The molecule has 0 saturated carbocycles. The first-order valence-electron chi connectivity index (χ1n) is 7.66. The second kappa shape index (κ2) is 8.06. The highest BCUT2D eigenvalue weighted by Gasteiger charge is 2.12. The van der Waals surface area contributed by atoms with Crippen LogP contribution in [0.3, 0.4) is 0 Å². The Morgan fingerprint density at radius 3 is 2.70 bits per heavy atom. The lowest BCUT2D eigenvalue weighted by molar-refractivity contribution is 0.102. The molecule has 1 amide bonds. The van der Waals surface area contributed by atoms with Crippen LogP contribution in [0, 0.1) is 13.8 Å². The number of amides is 1. The Labute approximate surface area is 145 Å². The molecule has 2 aromatic rings. The van der Waals surface area contributed by atoms with Gasteiger partial charge in [-0.1, -0.05) is 19.4 Å². The molecule has 0 radical (unpaired) electrons. The Morgan fingerprint density at radius 2 is 2.00 bits per heavy atom.